The van der Waals surface area contributed by atoms with Gasteiger partial charge in [-0.05, 0) is 49.8 Å². The molecule has 8 nitrogen and oxygen atoms in total. The molecular formula is C45H82FN3O5. The van der Waals surface area contributed by atoms with E-state index in [9.17, 15) is 14.0 Å². The number of hydrogen-bond acceptors (Lipinski definition) is 5. The van der Waals surface area contributed by atoms with Crippen LogP contribution in [0.2, 0.25) is 0 Å². The number of hydrogen-bond donors (Lipinski definition) is 4. The van der Waals surface area contributed by atoms with Gasteiger partial charge in [0.2, 0.25) is 5.91 Å². The van der Waals surface area contributed by atoms with Gasteiger partial charge in [0.25, 0.3) is 0 Å². The van der Waals surface area contributed by atoms with Crippen molar-refractivity contribution in [1.29, 1.82) is 0 Å². The van der Waals surface area contributed by atoms with E-state index < -0.39 is 12.1 Å². The minimum absolute atomic E-state index is 0.122. The van der Waals surface area contributed by atoms with Crippen LogP contribution in [0, 0.1) is 5.82 Å². The first-order chi connectivity index (χ1) is 26.5. The van der Waals surface area contributed by atoms with Crippen LogP contribution in [0.1, 0.15) is 193 Å². The van der Waals surface area contributed by atoms with E-state index in [1.54, 1.807) is 12.1 Å². The van der Waals surface area contributed by atoms with Crippen LogP contribution < -0.4 is 16.0 Å². The topological polar surface area (TPSA) is 109 Å². The van der Waals surface area contributed by atoms with Gasteiger partial charge < -0.3 is 30.5 Å². The van der Waals surface area contributed by atoms with Crippen LogP contribution in [0.15, 0.2) is 24.3 Å². The second kappa shape index (κ2) is 37.7. The smallest absolute Gasteiger partial charge is 0.404 e. The molecule has 54 heavy (non-hydrogen) atoms. The summed E-state index contributed by atoms with van der Waals surface area (Å²) in [5.74, 6) is -0.419. The maximum Gasteiger partial charge on any atom is 0.404 e. The summed E-state index contributed by atoms with van der Waals surface area (Å²) in [7, 11) is 0. The largest absolute Gasteiger partial charge is 0.465 e. The summed E-state index contributed by atoms with van der Waals surface area (Å²) in [5.41, 5.74) is 0.886. The van der Waals surface area contributed by atoms with Crippen LogP contribution in [-0.2, 0) is 20.8 Å². The average Bonchev–Trinajstić information content (AvgIpc) is 3.16. The summed E-state index contributed by atoms with van der Waals surface area (Å²) in [6.07, 6.45) is 31.8. The Labute approximate surface area is 330 Å². The van der Waals surface area contributed by atoms with Crippen molar-refractivity contribution in [2.45, 2.75) is 206 Å². The molecule has 0 aromatic heterocycles. The van der Waals surface area contributed by atoms with E-state index in [-0.39, 0.29) is 17.8 Å². The number of carboxylic acid groups (broad SMARTS) is 1. The van der Waals surface area contributed by atoms with Crippen molar-refractivity contribution < 1.29 is 28.6 Å². The number of benzene rings is 1. The van der Waals surface area contributed by atoms with Gasteiger partial charge in [0.05, 0.1) is 18.8 Å². The van der Waals surface area contributed by atoms with Crippen LogP contribution >= 0.6 is 0 Å². The zero-order valence-corrected chi connectivity index (χ0v) is 34.8. The van der Waals surface area contributed by atoms with Crippen molar-refractivity contribution in [2.24, 2.45) is 0 Å². The Morgan fingerprint density at radius 2 is 1.11 bits per heavy atom. The van der Waals surface area contributed by atoms with E-state index in [1.165, 1.54) is 147 Å². The van der Waals surface area contributed by atoms with Crippen molar-refractivity contribution >= 4 is 12.0 Å². The molecule has 0 heterocycles. The fourth-order valence-corrected chi connectivity index (χ4v) is 6.79. The molecule has 0 radical (unpaired) electrons. The first-order valence-electron chi connectivity index (χ1n) is 22.4. The SMILES string of the molecule is CCCCCCCCCCCCCCOCC(CNC(=O)C(CCCCNC(=O)O)NCc1ccc(F)cc1)OCCCCCCCCCCCCCC. The zero-order valence-electron chi connectivity index (χ0n) is 34.8. The molecule has 1 aromatic carbocycles. The van der Waals surface area contributed by atoms with Gasteiger partial charge in [-0.2, -0.15) is 0 Å². The molecule has 0 bridgehead atoms. The predicted octanol–water partition coefficient (Wildman–Crippen LogP) is 11.6. The van der Waals surface area contributed by atoms with Crippen molar-refractivity contribution in [1.82, 2.24) is 16.0 Å². The summed E-state index contributed by atoms with van der Waals surface area (Å²) in [6, 6.07) is 5.78. The van der Waals surface area contributed by atoms with Crippen LogP contribution in [0.4, 0.5) is 9.18 Å². The monoisotopic (exact) mass is 764 g/mol. The lowest BCUT2D eigenvalue weighted by molar-refractivity contribution is -0.124. The molecule has 0 saturated heterocycles. The molecule has 0 spiro atoms. The van der Waals surface area contributed by atoms with Gasteiger partial charge in [0, 0.05) is 32.8 Å². The van der Waals surface area contributed by atoms with Gasteiger partial charge in [-0.15, -0.1) is 0 Å². The third-order valence-electron chi connectivity index (χ3n) is 10.3. The normalized spacial score (nSPS) is 12.5. The Morgan fingerprint density at radius 3 is 1.61 bits per heavy atom. The predicted molar refractivity (Wildman–Crippen MR) is 223 cm³/mol. The van der Waals surface area contributed by atoms with Gasteiger partial charge in [-0.3, -0.25) is 4.79 Å². The van der Waals surface area contributed by atoms with Crippen LogP contribution in [0.5, 0.6) is 0 Å². The first kappa shape index (κ1) is 49.8. The molecule has 1 rings (SSSR count). The van der Waals surface area contributed by atoms with Crippen molar-refractivity contribution in [3.63, 3.8) is 0 Å². The van der Waals surface area contributed by atoms with E-state index in [0.717, 1.165) is 24.8 Å². The van der Waals surface area contributed by atoms with E-state index in [2.05, 4.69) is 29.8 Å². The van der Waals surface area contributed by atoms with E-state index in [4.69, 9.17) is 14.6 Å². The number of rotatable bonds is 40. The quantitative estimate of drug-likeness (QED) is 0.0496. The summed E-state index contributed by atoms with van der Waals surface area (Å²) in [4.78, 5) is 24.3. The molecule has 2 amide bonds. The highest BCUT2D eigenvalue weighted by Crippen LogP contribution is 2.14. The highest BCUT2D eigenvalue weighted by Gasteiger charge is 2.20. The van der Waals surface area contributed by atoms with Crippen LogP contribution in [-0.4, -0.2) is 62.2 Å². The molecule has 1 aromatic rings. The minimum atomic E-state index is -1.05. The Bertz CT molecular complexity index is 983. The van der Waals surface area contributed by atoms with Crippen LogP contribution in [0.3, 0.4) is 0 Å². The fourth-order valence-electron chi connectivity index (χ4n) is 6.79. The minimum Gasteiger partial charge on any atom is -0.465 e. The molecule has 0 fully saturated rings. The number of carbonyl (C=O) groups excluding carboxylic acids is 1. The number of unbranched alkanes of at least 4 members (excludes halogenated alkanes) is 23. The van der Waals surface area contributed by atoms with E-state index in [0.29, 0.717) is 58.7 Å². The maximum absolute atomic E-state index is 13.4. The highest BCUT2D eigenvalue weighted by molar-refractivity contribution is 5.81. The van der Waals surface area contributed by atoms with Crippen LogP contribution in [0.25, 0.3) is 0 Å². The first-order valence-corrected chi connectivity index (χ1v) is 22.4. The Hall–Kier alpha value is -2.23. The molecule has 0 saturated carbocycles. The highest BCUT2D eigenvalue weighted by atomic mass is 19.1. The number of ether oxygens (including phenoxy) is 2. The summed E-state index contributed by atoms with van der Waals surface area (Å²) < 4.78 is 25.8. The lowest BCUT2D eigenvalue weighted by Crippen LogP contribution is -2.47. The van der Waals surface area contributed by atoms with Crippen molar-refractivity contribution in [3.05, 3.63) is 35.6 Å². The standard InChI is InChI=1S/C45H82FN3O5/c1-3-5-7-9-11-13-15-17-19-21-23-27-35-53-39-42(54-36-28-24-22-20-18-16-14-12-10-8-6-4-2)38-49-44(50)43(29-25-26-34-47-45(51)52)48-37-40-30-32-41(46)33-31-40/h30-33,42-43,47-48H,3-29,34-39H2,1-2H3,(H,49,50)(H,51,52). The lowest BCUT2D eigenvalue weighted by Gasteiger charge is -2.22. The lowest BCUT2D eigenvalue weighted by atomic mass is 10.1. The summed E-state index contributed by atoms with van der Waals surface area (Å²) in [5, 5.41) is 17.7. The van der Waals surface area contributed by atoms with E-state index >= 15 is 0 Å². The van der Waals surface area contributed by atoms with Gasteiger partial charge in [-0.25, -0.2) is 9.18 Å². The summed E-state index contributed by atoms with van der Waals surface area (Å²) >= 11 is 0. The van der Waals surface area contributed by atoms with Gasteiger partial charge in [0.15, 0.2) is 0 Å². The second-order valence-electron chi connectivity index (χ2n) is 15.4. The third kappa shape index (κ3) is 32.1. The second-order valence-corrected chi connectivity index (χ2v) is 15.4. The van der Waals surface area contributed by atoms with Gasteiger partial charge in [-0.1, -0.05) is 167 Å². The summed E-state index contributed by atoms with van der Waals surface area (Å²) in [6.45, 7) is 7.47. The zero-order chi connectivity index (χ0) is 39.2. The maximum atomic E-state index is 13.4. The van der Waals surface area contributed by atoms with Gasteiger partial charge in [0.1, 0.15) is 5.82 Å². The molecule has 2 atom stereocenters. The Morgan fingerprint density at radius 1 is 0.630 bits per heavy atom. The number of nitrogens with one attached hydrogen (secondary N) is 3. The van der Waals surface area contributed by atoms with Crippen molar-refractivity contribution in [2.75, 3.05) is 32.9 Å². The molecule has 2 unspecified atom stereocenters. The Balaban J connectivity index is 2.49. The number of amides is 2. The molecule has 4 N–H and O–H groups in total. The fraction of sp³-hybridized carbons (Fsp3) is 0.822. The molecule has 0 aliphatic carbocycles. The molecule has 9 heteroatoms. The Kier molecular flexibility index (Phi) is 34.7. The molecule has 314 valence electrons. The van der Waals surface area contributed by atoms with Crippen molar-refractivity contribution in [3.8, 4) is 0 Å². The van der Waals surface area contributed by atoms with Gasteiger partial charge >= 0.3 is 6.09 Å². The molecule has 0 aliphatic heterocycles. The van der Waals surface area contributed by atoms with E-state index in [1.807, 2.05) is 0 Å². The third-order valence-corrected chi connectivity index (χ3v) is 10.3. The number of halogens is 1. The number of carbonyl (C=O) groups is 2. The molecular weight excluding hydrogens is 682 g/mol. The molecule has 0 aliphatic rings. The average molecular weight is 764 g/mol.